The first-order chi connectivity index (χ1) is 12.5. The van der Waals surface area contributed by atoms with E-state index in [9.17, 15) is 13.2 Å². The molecule has 10 heteroatoms. The fourth-order valence-corrected chi connectivity index (χ4v) is 5.61. The summed E-state index contributed by atoms with van der Waals surface area (Å²) in [5, 5.41) is 1.69. The van der Waals surface area contributed by atoms with Gasteiger partial charge in [0.2, 0.25) is 4.80 Å². The van der Waals surface area contributed by atoms with Gasteiger partial charge in [0.05, 0.1) is 29.5 Å². The van der Waals surface area contributed by atoms with E-state index in [4.69, 9.17) is 9.47 Å². The van der Waals surface area contributed by atoms with Crippen molar-refractivity contribution in [1.82, 2.24) is 4.57 Å². The average Bonchev–Trinajstić information content (AvgIpc) is 3.27. The van der Waals surface area contributed by atoms with Crippen LogP contribution in [0.4, 0.5) is 0 Å². The van der Waals surface area contributed by atoms with Crippen molar-refractivity contribution in [3.8, 4) is 0 Å². The smallest absolute Gasteiger partial charge is 0.337 e. The maximum atomic E-state index is 12.5. The molecule has 26 heavy (non-hydrogen) atoms. The van der Waals surface area contributed by atoms with Gasteiger partial charge in [-0.05, 0) is 29.6 Å². The minimum Gasteiger partial charge on any atom is -0.465 e. The molecule has 3 aromatic rings. The Morgan fingerprint density at radius 1 is 1.27 bits per heavy atom. The van der Waals surface area contributed by atoms with Crippen LogP contribution in [0.3, 0.4) is 0 Å². The van der Waals surface area contributed by atoms with Crippen LogP contribution in [-0.2, 0) is 26.0 Å². The van der Waals surface area contributed by atoms with E-state index >= 15 is 0 Å². The van der Waals surface area contributed by atoms with E-state index in [0.29, 0.717) is 23.5 Å². The second kappa shape index (κ2) is 7.70. The highest BCUT2D eigenvalue weighted by atomic mass is 32.2. The summed E-state index contributed by atoms with van der Waals surface area (Å²) in [5.74, 6) is -0.451. The average molecular weight is 413 g/mol. The molecule has 0 fully saturated rings. The van der Waals surface area contributed by atoms with Crippen molar-refractivity contribution in [2.45, 2.75) is 10.8 Å². The zero-order valence-corrected chi connectivity index (χ0v) is 16.5. The van der Waals surface area contributed by atoms with E-state index < -0.39 is 16.0 Å². The molecule has 0 aliphatic heterocycles. The maximum absolute atomic E-state index is 12.5. The Bertz CT molecular complexity index is 1090. The Morgan fingerprint density at radius 3 is 2.73 bits per heavy atom. The second-order valence-electron chi connectivity index (χ2n) is 5.20. The van der Waals surface area contributed by atoms with E-state index in [-0.39, 0.29) is 4.21 Å². The minimum atomic E-state index is -3.80. The van der Waals surface area contributed by atoms with Crippen LogP contribution in [0, 0.1) is 0 Å². The lowest BCUT2D eigenvalue weighted by Crippen LogP contribution is -2.19. The van der Waals surface area contributed by atoms with Gasteiger partial charge in [-0.25, -0.2) is 4.79 Å². The molecule has 0 spiro atoms. The molecular weight excluding hydrogens is 396 g/mol. The van der Waals surface area contributed by atoms with Crippen molar-refractivity contribution in [3.05, 3.63) is 46.1 Å². The summed E-state index contributed by atoms with van der Waals surface area (Å²) in [4.78, 5) is 12.1. The van der Waals surface area contributed by atoms with Gasteiger partial charge >= 0.3 is 5.97 Å². The summed E-state index contributed by atoms with van der Waals surface area (Å²) in [7, 11) is -0.909. The van der Waals surface area contributed by atoms with Crippen molar-refractivity contribution >= 4 is 48.9 Å². The first-order valence-electron chi connectivity index (χ1n) is 7.51. The number of rotatable bonds is 6. The SMILES string of the molecule is COCCn1/c(=N/S(=O)(=O)c2cccs2)sc2cc(C(=O)OC)ccc21. The Hall–Kier alpha value is -2.01. The molecule has 0 radical (unpaired) electrons. The molecule has 0 bridgehead atoms. The number of thiophene rings is 1. The number of nitrogens with zero attached hydrogens (tertiary/aromatic N) is 2. The Kier molecular flexibility index (Phi) is 5.56. The molecule has 2 heterocycles. The lowest BCUT2D eigenvalue weighted by molar-refractivity contribution is 0.0601. The third kappa shape index (κ3) is 3.73. The van der Waals surface area contributed by atoms with Gasteiger partial charge in [0.15, 0.2) is 0 Å². The maximum Gasteiger partial charge on any atom is 0.337 e. The summed E-state index contributed by atoms with van der Waals surface area (Å²) in [5.41, 5.74) is 1.17. The summed E-state index contributed by atoms with van der Waals surface area (Å²) in [6.07, 6.45) is 0. The third-order valence-corrected chi connectivity index (χ3v) is 7.37. The monoisotopic (exact) mass is 412 g/mol. The molecule has 1 aromatic carbocycles. The second-order valence-corrected chi connectivity index (χ2v) is 8.99. The van der Waals surface area contributed by atoms with Crippen molar-refractivity contribution in [2.24, 2.45) is 4.40 Å². The number of benzene rings is 1. The standard InChI is InChI=1S/C16H16N2O5S3/c1-22-8-7-18-12-6-5-11(15(19)23-2)10-13(12)25-16(18)17-26(20,21)14-4-3-9-24-14/h3-6,9-10H,7-8H2,1-2H3/b17-16-. The van der Waals surface area contributed by atoms with Gasteiger partial charge in [0, 0.05) is 13.7 Å². The predicted molar refractivity (Wildman–Crippen MR) is 100 cm³/mol. The number of fused-ring (bicyclic) bond motifs is 1. The van der Waals surface area contributed by atoms with Crippen molar-refractivity contribution in [3.63, 3.8) is 0 Å². The Labute approximate surface area is 158 Å². The third-order valence-electron chi connectivity index (χ3n) is 3.57. The summed E-state index contributed by atoms with van der Waals surface area (Å²) >= 11 is 2.32. The molecule has 0 aliphatic carbocycles. The lowest BCUT2D eigenvalue weighted by atomic mass is 10.2. The zero-order chi connectivity index (χ0) is 18.7. The summed E-state index contributed by atoms with van der Waals surface area (Å²) < 4.78 is 41.6. The van der Waals surface area contributed by atoms with Crippen molar-refractivity contribution in [1.29, 1.82) is 0 Å². The van der Waals surface area contributed by atoms with Crippen molar-refractivity contribution in [2.75, 3.05) is 20.8 Å². The number of aromatic nitrogens is 1. The molecular formula is C16H16N2O5S3. The van der Waals surface area contributed by atoms with Gasteiger partial charge in [-0.15, -0.1) is 15.7 Å². The lowest BCUT2D eigenvalue weighted by Gasteiger charge is -2.05. The molecule has 7 nitrogen and oxygen atoms in total. The molecule has 0 aliphatic rings. The molecule has 0 atom stereocenters. The Balaban J connectivity index is 2.20. The number of sulfonamides is 1. The number of thiazole rings is 1. The molecule has 0 amide bonds. The van der Waals surface area contributed by atoms with Gasteiger partial charge in [0.1, 0.15) is 4.21 Å². The summed E-state index contributed by atoms with van der Waals surface area (Å²) in [6, 6.07) is 8.25. The number of ether oxygens (including phenoxy) is 2. The van der Waals surface area contributed by atoms with Crippen LogP contribution in [0.1, 0.15) is 10.4 Å². The highest BCUT2D eigenvalue weighted by molar-refractivity contribution is 7.92. The number of carbonyl (C=O) groups excluding carboxylic acids is 1. The van der Waals surface area contributed by atoms with E-state index in [0.717, 1.165) is 21.6 Å². The van der Waals surface area contributed by atoms with Crippen LogP contribution in [0.25, 0.3) is 10.2 Å². The molecule has 0 saturated carbocycles. The van der Waals surface area contributed by atoms with Gasteiger partial charge in [-0.1, -0.05) is 17.4 Å². The molecule has 0 N–H and O–H groups in total. The molecule has 0 unspecified atom stereocenters. The minimum absolute atomic E-state index is 0.184. The van der Waals surface area contributed by atoms with E-state index in [1.54, 1.807) is 41.3 Å². The van der Waals surface area contributed by atoms with Crippen LogP contribution in [0.5, 0.6) is 0 Å². The topological polar surface area (TPSA) is 87.0 Å². The number of methoxy groups -OCH3 is 2. The van der Waals surface area contributed by atoms with Gasteiger partial charge in [-0.2, -0.15) is 8.42 Å². The highest BCUT2D eigenvalue weighted by Crippen LogP contribution is 2.22. The summed E-state index contributed by atoms with van der Waals surface area (Å²) in [6.45, 7) is 0.837. The van der Waals surface area contributed by atoms with Gasteiger partial charge < -0.3 is 14.0 Å². The van der Waals surface area contributed by atoms with Gasteiger partial charge in [0.25, 0.3) is 10.0 Å². The molecule has 2 aromatic heterocycles. The van der Waals surface area contributed by atoms with E-state index in [2.05, 4.69) is 4.40 Å². The number of hydrogen-bond acceptors (Lipinski definition) is 7. The molecule has 138 valence electrons. The Morgan fingerprint density at radius 2 is 2.08 bits per heavy atom. The van der Waals surface area contributed by atoms with E-state index in [1.807, 2.05) is 0 Å². The number of hydrogen-bond donors (Lipinski definition) is 0. The van der Waals surface area contributed by atoms with Crippen molar-refractivity contribution < 1.29 is 22.7 Å². The van der Waals surface area contributed by atoms with Crippen LogP contribution in [0.2, 0.25) is 0 Å². The highest BCUT2D eigenvalue weighted by Gasteiger charge is 2.16. The fraction of sp³-hybridized carbons (Fsp3) is 0.250. The fourth-order valence-electron chi connectivity index (χ4n) is 2.34. The van der Waals surface area contributed by atoms with Crippen LogP contribution in [-0.4, -0.2) is 39.8 Å². The molecule has 3 rings (SSSR count). The van der Waals surface area contributed by atoms with Crippen LogP contribution in [0.15, 0.2) is 44.3 Å². The first kappa shape index (κ1) is 18.8. The molecule has 0 saturated heterocycles. The zero-order valence-electron chi connectivity index (χ0n) is 14.0. The number of carbonyl (C=O) groups is 1. The van der Waals surface area contributed by atoms with E-state index in [1.165, 1.54) is 24.5 Å². The number of esters is 1. The van der Waals surface area contributed by atoms with Crippen LogP contribution < -0.4 is 4.80 Å². The largest absolute Gasteiger partial charge is 0.465 e. The van der Waals surface area contributed by atoms with Crippen LogP contribution >= 0.6 is 22.7 Å². The normalized spacial score (nSPS) is 12.6. The predicted octanol–water partition coefficient (Wildman–Crippen LogP) is 2.49. The quantitative estimate of drug-likeness (QED) is 0.581. The van der Waals surface area contributed by atoms with Gasteiger partial charge in [-0.3, -0.25) is 0 Å². The first-order valence-corrected chi connectivity index (χ1v) is 10.6.